The molecule has 0 saturated carbocycles. The molecule has 156 valence electrons. The topological polar surface area (TPSA) is 43.1 Å². The maximum atomic E-state index is 5.00. The molecular weight excluding hydrogens is 399 g/mol. The van der Waals surface area contributed by atoms with Crippen LogP contribution in [0.1, 0.15) is 30.1 Å². The summed E-state index contributed by atoms with van der Waals surface area (Å²) in [5.41, 5.74) is 1.95. The third kappa shape index (κ3) is 3.51. The van der Waals surface area contributed by atoms with Gasteiger partial charge in [0.25, 0.3) is 0 Å². The number of hydrogen-bond acceptors (Lipinski definition) is 3. The van der Waals surface area contributed by atoms with Gasteiger partial charge in [-0.05, 0) is 0 Å². The Balaban J connectivity index is 1.76. The fourth-order valence-corrected chi connectivity index (χ4v) is 9.29. The molecule has 0 saturated heterocycles. The molecule has 1 aliphatic rings. The predicted molar refractivity (Wildman–Crippen MR) is 131 cm³/mol. The molecule has 4 aromatic rings. The Morgan fingerprint density at radius 3 is 2.16 bits per heavy atom. The number of allylic oxidation sites excluding steroid dienone is 4. The van der Waals surface area contributed by atoms with E-state index < -0.39 is 7.26 Å². The Hall–Kier alpha value is -3.10. The Kier molecular flexibility index (Phi) is 5.25. The van der Waals surface area contributed by atoms with Crippen LogP contribution >= 0.6 is 7.26 Å². The van der Waals surface area contributed by atoms with Crippen molar-refractivity contribution in [3.63, 3.8) is 0 Å². The van der Waals surface area contributed by atoms with Crippen LogP contribution in [-0.4, -0.2) is 19.6 Å². The third-order valence-corrected chi connectivity index (χ3v) is 11.0. The first-order chi connectivity index (χ1) is 15.2. The second-order valence-electron chi connectivity index (χ2n) is 8.21. The van der Waals surface area contributed by atoms with Crippen LogP contribution in [0.15, 0.2) is 90.4 Å². The van der Waals surface area contributed by atoms with Gasteiger partial charge in [0.1, 0.15) is 0 Å². The van der Waals surface area contributed by atoms with E-state index in [4.69, 9.17) is 10.1 Å². The van der Waals surface area contributed by atoms with Crippen molar-refractivity contribution in [2.45, 2.75) is 32.9 Å². The van der Waals surface area contributed by atoms with Crippen LogP contribution in [0.5, 0.6) is 0 Å². The van der Waals surface area contributed by atoms with E-state index in [0.29, 0.717) is 0 Å². The van der Waals surface area contributed by atoms with Crippen molar-refractivity contribution >= 4 is 23.5 Å². The minimum absolute atomic E-state index is 0.817. The molecule has 5 heteroatoms. The number of hydrogen-bond donors (Lipinski definition) is 0. The minimum atomic E-state index is -2.37. The van der Waals surface area contributed by atoms with Crippen molar-refractivity contribution in [3.8, 4) is 0 Å². The van der Waals surface area contributed by atoms with E-state index in [2.05, 4.69) is 83.9 Å². The van der Waals surface area contributed by atoms with Crippen molar-refractivity contribution in [2.24, 2.45) is 0 Å². The summed E-state index contributed by atoms with van der Waals surface area (Å²) in [6, 6.07) is 22.0. The zero-order valence-corrected chi connectivity index (χ0v) is 19.0. The average molecular weight is 427 g/mol. The first kappa shape index (κ1) is 19.8. The summed E-state index contributed by atoms with van der Waals surface area (Å²) >= 11 is 0. The zero-order chi connectivity index (χ0) is 21.3. The van der Waals surface area contributed by atoms with Crippen LogP contribution in [-0.2, 0) is 6.16 Å². The molecule has 2 heterocycles. The van der Waals surface area contributed by atoms with Crippen LogP contribution < -0.4 is 10.6 Å². The SMILES string of the molecule is Cc1cnc(C)n2nc(C[PH](C3=CCCC=C3)(c3ccccc3)c3ccccc3)nc12. The van der Waals surface area contributed by atoms with Crippen molar-refractivity contribution in [1.29, 1.82) is 0 Å². The van der Waals surface area contributed by atoms with Crippen LogP contribution in [0.25, 0.3) is 5.65 Å². The van der Waals surface area contributed by atoms with Gasteiger partial charge in [0.05, 0.1) is 0 Å². The van der Waals surface area contributed by atoms with Gasteiger partial charge in [-0.2, -0.15) is 0 Å². The maximum absolute atomic E-state index is 5.00. The molecule has 0 radical (unpaired) electrons. The van der Waals surface area contributed by atoms with Crippen molar-refractivity contribution in [1.82, 2.24) is 19.6 Å². The van der Waals surface area contributed by atoms with Gasteiger partial charge in [-0.1, -0.05) is 0 Å². The molecule has 0 amide bonds. The van der Waals surface area contributed by atoms with E-state index in [1.54, 1.807) is 0 Å². The van der Waals surface area contributed by atoms with Crippen molar-refractivity contribution in [2.75, 3.05) is 0 Å². The van der Waals surface area contributed by atoms with E-state index in [-0.39, 0.29) is 0 Å². The molecule has 2 aromatic carbocycles. The van der Waals surface area contributed by atoms with Gasteiger partial charge in [-0.25, -0.2) is 0 Å². The van der Waals surface area contributed by atoms with Gasteiger partial charge in [0.15, 0.2) is 0 Å². The van der Waals surface area contributed by atoms with Crippen molar-refractivity contribution in [3.05, 3.63) is 108 Å². The number of benzene rings is 2. The number of rotatable bonds is 5. The van der Waals surface area contributed by atoms with Gasteiger partial charge in [-0.15, -0.1) is 0 Å². The summed E-state index contributed by atoms with van der Waals surface area (Å²) < 4.78 is 1.89. The van der Waals surface area contributed by atoms with Gasteiger partial charge >= 0.3 is 184 Å². The van der Waals surface area contributed by atoms with Gasteiger partial charge in [-0.3, -0.25) is 0 Å². The molecule has 0 atom stereocenters. The summed E-state index contributed by atoms with van der Waals surface area (Å²) in [5, 5.41) is 9.16. The molecular formula is C26H27N4P. The quantitative estimate of drug-likeness (QED) is 0.428. The fourth-order valence-electron chi connectivity index (χ4n) is 4.63. The van der Waals surface area contributed by atoms with E-state index in [0.717, 1.165) is 41.9 Å². The van der Waals surface area contributed by atoms with Crippen molar-refractivity contribution < 1.29 is 0 Å². The first-order valence-electron chi connectivity index (χ1n) is 10.8. The van der Waals surface area contributed by atoms with Crippen LogP contribution in [0.3, 0.4) is 0 Å². The molecule has 4 nitrogen and oxygen atoms in total. The monoisotopic (exact) mass is 426 g/mol. The number of aryl methyl sites for hydroxylation is 2. The standard InChI is InChI=1S/C26H27N4P/c1-20-18-27-21(2)30-26(20)28-25(29-30)19-31(22-12-6-3-7-13-22,23-14-8-4-9-15-23)24-16-10-5-11-17-24/h3-4,6-10,12-18,31H,5,11,19H2,1-2H3. The zero-order valence-electron chi connectivity index (χ0n) is 18.0. The summed E-state index contributed by atoms with van der Waals surface area (Å²) in [6.07, 6.45) is 12.0. The Morgan fingerprint density at radius 2 is 1.58 bits per heavy atom. The number of fused-ring (bicyclic) bond motifs is 1. The average Bonchev–Trinajstić information content (AvgIpc) is 3.27. The Labute approximate surface area is 183 Å². The Morgan fingerprint density at radius 1 is 0.903 bits per heavy atom. The summed E-state index contributed by atoms with van der Waals surface area (Å²) in [5.74, 6) is 1.75. The summed E-state index contributed by atoms with van der Waals surface area (Å²) in [4.78, 5) is 9.47. The Bertz CT molecular complexity index is 1190. The summed E-state index contributed by atoms with van der Waals surface area (Å²) in [6.45, 7) is 4.03. The second-order valence-corrected chi connectivity index (χ2v) is 12.1. The molecule has 0 fully saturated rings. The van der Waals surface area contributed by atoms with E-state index in [9.17, 15) is 0 Å². The second kappa shape index (κ2) is 8.20. The van der Waals surface area contributed by atoms with Crippen LogP contribution in [0.2, 0.25) is 0 Å². The first-order valence-corrected chi connectivity index (χ1v) is 13.1. The predicted octanol–water partition coefficient (Wildman–Crippen LogP) is 4.88. The number of nitrogens with zero attached hydrogens (tertiary/aromatic N) is 4. The van der Waals surface area contributed by atoms with Crippen LogP contribution in [0.4, 0.5) is 0 Å². The molecule has 1 aliphatic carbocycles. The van der Waals surface area contributed by atoms with E-state index in [1.165, 1.54) is 15.9 Å². The third-order valence-electron chi connectivity index (χ3n) is 6.20. The molecule has 0 unspecified atom stereocenters. The van der Waals surface area contributed by atoms with Crippen LogP contribution in [0, 0.1) is 13.8 Å². The molecule has 5 rings (SSSR count). The normalized spacial score (nSPS) is 14.6. The summed E-state index contributed by atoms with van der Waals surface area (Å²) in [7, 11) is -2.37. The molecule has 0 spiro atoms. The molecule has 0 bridgehead atoms. The van der Waals surface area contributed by atoms with Gasteiger partial charge in [0, 0.05) is 0 Å². The molecule has 0 N–H and O–H groups in total. The van der Waals surface area contributed by atoms with E-state index >= 15 is 0 Å². The molecule has 0 aliphatic heterocycles. The molecule has 2 aromatic heterocycles. The van der Waals surface area contributed by atoms with E-state index in [1.807, 2.05) is 24.6 Å². The van der Waals surface area contributed by atoms with Gasteiger partial charge < -0.3 is 0 Å². The fraction of sp³-hybridized carbons (Fsp3) is 0.192. The number of aromatic nitrogens is 4. The molecule has 31 heavy (non-hydrogen) atoms. The van der Waals surface area contributed by atoms with Gasteiger partial charge in [0.2, 0.25) is 0 Å².